The van der Waals surface area contributed by atoms with Crippen LogP contribution in [0.1, 0.15) is 86.8 Å². The molecule has 0 aromatic heterocycles. The van der Waals surface area contributed by atoms with Crippen LogP contribution in [-0.2, 0) is 5.41 Å². The van der Waals surface area contributed by atoms with Gasteiger partial charge in [-0.3, -0.25) is 0 Å². The van der Waals surface area contributed by atoms with E-state index in [2.05, 4.69) is 199 Å². The second-order valence-corrected chi connectivity index (χ2v) is 22.2. The van der Waals surface area contributed by atoms with E-state index in [9.17, 15) is 0 Å². The van der Waals surface area contributed by atoms with Gasteiger partial charge in [-0.25, -0.2) is 0 Å². The van der Waals surface area contributed by atoms with Gasteiger partial charge in [-0.2, -0.15) is 0 Å². The van der Waals surface area contributed by atoms with Gasteiger partial charge in [-0.1, -0.05) is 161 Å². The van der Waals surface area contributed by atoms with Crippen LogP contribution in [0.4, 0.5) is 34.1 Å². The van der Waals surface area contributed by atoms with Gasteiger partial charge in [0.15, 0.2) is 0 Å². The Labute approximate surface area is 353 Å². The number of hydrogen-bond acceptors (Lipinski definition) is 2. The Hall–Kier alpha value is -5.64. The van der Waals surface area contributed by atoms with Crippen LogP contribution in [0.15, 0.2) is 176 Å². The number of anilines is 6. The molecule has 0 radical (unpaired) electrons. The third-order valence-corrected chi connectivity index (χ3v) is 17.7. The summed E-state index contributed by atoms with van der Waals surface area (Å²) in [6.45, 7) is 5.09. The van der Waals surface area contributed by atoms with Crippen molar-refractivity contribution in [2.24, 2.45) is 0 Å². The van der Waals surface area contributed by atoms with E-state index >= 15 is 0 Å². The third-order valence-electron chi connectivity index (χ3n) is 14.1. The van der Waals surface area contributed by atoms with Crippen LogP contribution in [-0.4, -0.2) is 8.07 Å². The summed E-state index contributed by atoms with van der Waals surface area (Å²) in [5.41, 5.74) is 14.5. The Balaban J connectivity index is 1.04. The minimum absolute atomic E-state index is 0.0172. The SMILES string of the molecule is C[Si]1(C)c2ccccc2-c2cccc(N(c3ccc(C4CCCCC4)cc3)c3ccc(C4(c5ccc(N(c6ccccc6)c6ccccc6)cc5)CCCCC4)cc3)c21. The topological polar surface area (TPSA) is 6.48 Å². The molecule has 2 aliphatic carbocycles. The first-order valence-corrected chi connectivity index (χ1v) is 25.3. The van der Waals surface area contributed by atoms with Crippen LogP contribution < -0.4 is 20.2 Å². The summed E-state index contributed by atoms with van der Waals surface area (Å²) in [5, 5.41) is 3.09. The van der Waals surface area contributed by atoms with E-state index in [4.69, 9.17) is 0 Å². The highest BCUT2D eigenvalue weighted by Gasteiger charge is 2.41. The van der Waals surface area contributed by atoms with Gasteiger partial charge < -0.3 is 9.80 Å². The summed E-state index contributed by atoms with van der Waals surface area (Å²) in [7, 11) is -1.99. The van der Waals surface area contributed by atoms with Gasteiger partial charge in [0, 0.05) is 39.5 Å². The molecule has 2 nitrogen and oxygen atoms in total. The Morgan fingerprint density at radius 1 is 0.424 bits per heavy atom. The first-order chi connectivity index (χ1) is 29.0. The van der Waals surface area contributed by atoms with E-state index in [1.165, 1.54) is 126 Å². The number of rotatable bonds is 9. The molecule has 2 saturated carbocycles. The molecule has 0 spiro atoms. The van der Waals surface area contributed by atoms with E-state index in [0.717, 1.165) is 0 Å². The van der Waals surface area contributed by atoms with E-state index in [-0.39, 0.29) is 5.41 Å². The standard InChI is InChI=1S/C56H56N2Si/c1-59(2)54-27-14-13-24-51(54)52-25-17-26-53(55(52)59)58(49-34-28-43(29-35-49)42-18-7-3-8-19-42)50-38-32-45(33-39-50)56(40-15-6-16-41-56)44-30-36-48(37-31-44)57(46-20-9-4-10-21-46)47-22-11-5-12-23-47/h4-5,9-14,17,20-39,42H,3,6-8,15-16,18-19,40-41H2,1-2H3. The molecular formula is C56H56N2Si. The van der Waals surface area contributed by atoms with E-state index in [1.807, 2.05) is 0 Å². The fourth-order valence-corrected chi connectivity index (χ4v) is 14.5. The van der Waals surface area contributed by atoms with Crippen molar-refractivity contribution in [1.29, 1.82) is 0 Å². The molecule has 0 unspecified atom stereocenters. The van der Waals surface area contributed by atoms with Gasteiger partial charge in [-0.05, 0) is 137 Å². The number of para-hydroxylation sites is 2. The molecule has 7 aromatic rings. The minimum atomic E-state index is -1.99. The highest BCUT2D eigenvalue weighted by Crippen LogP contribution is 2.48. The lowest BCUT2D eigenvalue weighted by Gasteiger charge is -2.39. The summed E-state index contributed by atoms with van der Waals surface area (Å²) in [5.74, 6) is 0.688. The quantitative estimate of drug-likeness (QED) is 0.135. The zero-order chi connectivity index (χ0) is 39.8. The fourth-order valence-electron chi connectivity index (χ4n) is 11.1. The lowest BCUT2D eigenvalue weighted by Crippen LogP contribution is -2.50. The van der Waals surface area contributed by atoms with Crippen LogP contribution in [0, 0.1) is 0 Å². The average molecular weight is 785 g/mol. The van der Waals surface area contributed by atoms with Crippen molar-refractivity contribution in [1.82, 2.24) is 0 Å². The zero-order valence-corrected chi connectivity index (χ0v) is 35.8. The number of benzene rings is 7. The maximum Gasteiger partial charge on any atom is 0.116 e. The smallest absolute Gasteiger partial charge is 0.116 e. The molecule has 3 aliphatic rings. The van der Waals surface area contributed by atoms with Gasteiger partial charge in [0.1, 0.15) is 8.07 Å². The van der Waals surface area contributed by atoms with Crippen LogP contribution in [0.25, 0.3) is 11.1 Å². The third kappa shape index (κ3) is 6.84. The first kappa shape index (κ1) is 37.6. The van der Waals surface area contributed by atoms with Crippen molar-refractivity contribution < 1.29 is 0 Å². The molecule has 59 heavy (non-hydrogen) atoms. The van der Waals surface area contributed by atoms with E-state index in [1.54, 1.807) is 10.4 Å². The molecule has 1 heterocycles. The maximum atomic E-state index is 2.58. The van der Waals surface area contributed by atoms with Gasteiger partial charge in [0.25, 0.3) is 0 Å². The summed E-state index contributed by atoms with van der Waals surface area (Å²) in [6, 6.07) is 66.7. The molecule has 0 N–H and O–H groups in total. The number of hydrogen-bond donors (Lipinski definition) is 0. The molecule has 1 aliphatic heterocycles. The van der Waals surface area contributed by atoms with E-state index in [0.29, 0.717) is 5.92 Å². The molecule has 0 atom stereocenters. The average Bonchev–Trinajstić information content (AvgIpc) is 3.55. The maximum absolute atomic E-state index is 2.58. The first-order valence-electron chi connectivity index (χ1n) is 22.3. The summed E-state index contributed by atoms with van der Waals surface area (Å²) < 4.78 is 0. The van der Waals surface area contributed by atoms with Gasteiger partial charge >= 0.3 is 0 Å². The lowest BCUT2D eigenvalue weighted by atomic mass is 9.65. The molecule has 0 bridgehead atoms. The predicted molar refractivity (Wildman–Crippen MR) is 254 cm³/mol. The monoisotopic (exact) mass is 784 g/mol. The normalized spacial score (nSPS) is 16.8. The van der Waals surface area contributed by atoms with Crippen molar-refractivity contribution >= 4 is 52.6 Å². The van der Waals surface area contributed by atoms with Crippen LogP contribution in [0.2, 0.25) is 13.1 Å². The molecule has 7 aromatic carbocycles. The lowest BCUT2D eigenvalue weighted by molar-refractivity contribution is 0.346. The summed E-state index contributed by atoms with van der Waals surface area (Å²) >= 11 is 0. The second-order valence-electron chi connectivity index (χ2n) is 17.9. The molecular weight excluding hydrogens is 729 g/mol. The van der Waals surface area contributed by atoms with Crippen molar-refractivity contribution in [3.63, 3.8) is 0 Å². The summed E-state index contributed by atoms with van der Waals surface area (Å²) in [6.07, 6.45) is 12.9. The zero-order valence-electron chi connectivity index (χ0n) is 34.8. The molecule has 0 saturated heterocycles. The van der Waals surface area contributed by atoms with Crippen molar-refractivity contribution in [2.75, 3.05) is 9.80 Å². The van der Waals surface area contributed by atoms with Crippen molar-refractivity contribution in [2.45, 2.75) is 88.6 Å². The van der Waals surface area contributed by atoms with Crippen molar-refractivity contribution in [3.8, 4) is 11.1 Å². The largest absolute Gasteiger partial charge is 0.311 e. The van der Waals surface area contributed by atoms with Crippen LogP contribution >= 0.6 is 0 Å². The molecule has 10 rings (SSSR count). The van der Waals surface area contributed by atoms with Crippen LogP contribution in [0.5, 0.6) is 0 Å². The highest BCUT2D eigenvalue weighted by atomic mass is 28.3. The van der Waals surface area contributed by atoms with Gasteiger partial charge in [0.05, 0.1) is 0 Å². The Morgan fingerprint density at radius 2 is 0.898 bits per heavy atom. The molecule has 294 valence electrons. The number of fused-ring (bicyclic) bond motifs is 3. The molecule has 0 amide bonds. The minimum Gasteiger partial charge on any atom is -0.311 e. The van der Waals surface area contributed by atoms with E-state index < -0.39 is 8.07 Å². The second kappa shape index (κ2) is 15.8. The van der Waals surface area contributed by atoms with Crippen molar-refractivity contribution in [3.05, 3.63) is 193 Å². The van der Waals surface area contributed by atoms with Gasteiger partial charge in [0.2, 0.25) is 0 Å². The van der Waals surface area contributed by atoms with Gasteiger partial charge in [-0.15, -0.1) is 0 Å². The predicted octanol–water partition coefficient (Wildman–Crippen LogP) is 14.7. The molecule has 2 fully saturated rings. The Morgan fingerprint density at radius 3 is 1.49 bits per heavy atom. The highest BCUT2D eigenvalue weighted by molar-refractivity contribution is 7.04. The Kier molecular flexibility index (Phi) is 10.1. The summed E-state index contributed by atoms with van der Waals surface area (Å²) in [4.78, 5) is 4.95. The number of nitrogens with zero attached hydrogens (tertiary/aromatic N) is 2. The Bertz CT molecular complexity index is 2470. The fraction of sp³-hybridized carbons (Fsp3) is 0.250. The molecule has 3 heteroatoms. The van der Waals surface area contributed by atoms with Crippen LogP contribution in [0.3, 0.4) is 0 Å².